The lowest BCUT2D eigenvalue weighted by atomic mass is 9.96. The second-order valence-electron chi connectivity index (χ2n) is 12.8. The molecule has 52 heavy (non-hydrogen) atoms. The van der Waals surface area contributed by atoms with Crippen molar-refractivity contribution in [2.45, 2.75) is 13.3 Å². The summed E-state index contributed by atoms with van der Waals surface area (Å²) in [6.45, 7) is 2.14. The molecule has 0 aliphatic rings. The molecule has 5 aromatic carbocycles. The first-order chi connectivity index (χ1) is 25.7. The molecule has 246 valence electrons. The Morgan fingerprint density at radius 3 is 1.67 bits per heavy atom. The third kappa shape index (κ3) is 5.99. The summed E-state index contributed by atoms with van der Waals surface area (Å²) in [6, 6.07) is 54.7. The van der Waals surface area contributed by atoms with Gasteiger partial charge in [-0.1, -0.05) is 134 Å². The summed E-state index contributed by atoms with van der Waals surface area (Å²) in [7, 11) is 0. The van der Waals surface area contributed by atoms with Gasteiger partial charge in [0.15, 0.2) is 5.82 Å². The van der Waals surface area contributed by atoms with Crippen molar-refractivity contribution in [3.63, 3.8) is 0 Å². The molecular weight excluding hydrogens is 635 g/mol. The summed E-state index contributed by atoms with van der Waals surface area (Å²) < 4.78 is 0. The number of hydrogen-bond acceptors (Lipinski definition) is 5. The van der Waals surface area contributed by atoms with Crippen molar-refractivity contribution < 1.29 is 0 Å². The topological polar surface area (TPSA) is 64.5 Å². The van der Waals surface area contributed by atoms with E-state index in [-0.39, 0.29) is 0 Å². The van der Waals surface area contributed by atoms with Gasteiger partial charge >= 0.3 is 0 Å². The quantitative estimate of drug-likeness (QED) is 0.158. The molecule has 4 heterocycles. The van der Waals surface area contributed by atoms with Crippen LogP contribution in [0.15, 0.2) is 170 Å². The summed E-state index contributed by atoms with van der Waals surface area (Å²) in [6.07, 6.45) is 4.49. The Morgan fingerprint density at radius 2 is 1.00 bits per heavy atom. The number of aryl methyl sites for hydroxylation is 1. The fraction of sp³-hybridized carbons (Fsp3) is 0.0426. The summed E-state index contributed by atoms with van der Waals surface area (Å²) in [4.78, 5) is 24.6. The van der Waals surface area contributed by atoms with E-state index >= 15 is 0 Å². The average Bonchev–Trinajstić information content (AvgIpc) is 3.24. The van der Waals surface area contributed by atoms with Crippen LogP contribution in [-0.4, -0.2) is 24.9 Å². The molecule has 0 aliphatic heterocycles. The van der Waals surface area contributed by atoms with E-state index in [4.69, 9.17) is 19.9 Å². The Bertz CT molecular complexity index is 2620. The van der Waals surface area contributed by atoms with Crippen LogP contribution in [0.3, 0.4) is 0 Å². The van der Waals surface area contributed by atoms with Crippen LogP contribution in [-0.2, 0) is 6.42 Å². The highest BCUT2D eigenvalue weighted by Gasteiger charge is 2.15. The molecule has 9 aromatic rings. The van der Waals surface area contributed by atoms with Crippen LogP contribution in [0.4, 0.5) is 0 Å². The highest BCUT2D eigenvalue weighted by Crippen LogP contribution is 2.36. The predicted molar refractivity (Wildman–Crippen MR) is 212 cm³/mol. The minimum absolute atomic E-state index is 0.673. The van der Waals surface area contributed by atoms with E-state index in [9.17, 15) is 0 Å². The molecule has 0 unspecified atom stereocenters. The highest BCUT2D eigenvalue weighted by atomic mass is 14.9. The first-order valence-corrected chi connectivity index (χ1v) is 17.6. The minimum Gasteiger partial charge on any atom is -0.264 e. The van der Waals surface area contributed by atoms with E-state index in [1.165, 1.54) is 0 Å². The van der Waals surface area contributed by atoms with Crippen molar-refractivity contribution in [2.24, 2.45) is 0 Å². The monoisotopic (exact) mass is 667 g/mol. The number of rotatable bonds is 7. The van der Waals surface area contributed by atoms with Gasteiger partial charge in [0.05, 0.1) is 28.1 Å². The Hall–Kier alpha value is -6.85. The number of nitrogens with zero attached hydrogens (tertiary/aromatic N) is 5. The molecule has 0 atom stereocenters. The van der Waals surface area contributed by atoms with E-state index in [1.807, 2.05) is 42.6 Å². The van der Waals surface area contributed by atoms with Gasteiger partial charge in [0.1, 0.15) is 0 Å². The molecule has 0 amide bonds. The van der Waals surface area contributed by atoms with E-state index in [0.717, 1.165) is 95.5 Å². The van der Waals surface area contributed by atoms with Crippen LogP contribution in [0, 0.1) is 0 Å². The zero-order chi connectivity index (χ0) is 34.9. The minimum atomic E-state index is 0.673. The van der Waals surface area contributed by atoms with Crippen molar-refractivity contribution in [1.29, 1.82) is 0 Å². The fourth-order valence-corrected chi connectivity index (χ4v) is 6.75. The largest absolute Gasteiger partial charge is 0.264 e. The van der Waals surface area contributed by atoms with Gasteiger partial charge in [-0.15, -0.1) is 0 Å². The average molecular weight is 668 g/mol. The number of fused-ring (bicyclic) bond motifs is 3. The van der Waals surface area contributed by atoms with E-state index in [1.54, 1.807) is 6.20 Å². The van der Waals surface area contributed by atoms with E-state index < -0.39 is 0 Å². The molecule has 5 nitrogen and oxygen atoms in total. The summed E-state index contributed by atoms with van der Waals surface area (Å²) in [5, 5.41) is 2.20. The molecule has 9 rings (SSSR count). The van der Waals surface area contributed by atoms with Gasteiger partial charge in [-0.3, -0.25) is 9.97 Å². The summed E-state index contributed by atoms with van der Waals surface area (Å²) in [5.41, 5.74) is 14.1. The number of benzene rings is 5. The number of hydrogen-bond donors (Lipinski definition) is 0. The van der Waals surface area contributed by atoms with Crippen LogP contribution in [0.5, 0.6) is 0 Å². The van der Waals surface area contributed by atoms with Gasteiger partial charge in [-0.2, -0.15) is 0 Å². The normalized spacial score (nSPS) is 11.2. The second-order valence-corrected chi connectivity index (χ2v) is 12.8. The maximum atomic E-state index is 5.26. The Balaban J connectivity index is 1.08. The maximum Gasteiger partial charge on any atom is 0.160 e. The molecule has 0 radical (unpaired) electrons. The summed E-state index contributed by atoms with van der Waals surface area (Å²) in [5.74, 6) is 0.673. The van der Waals surface area contributed by atoms with Crippen LogP contribution in [0.25, 0.3) is 89.2 Å². The van der Waals surface area contributed by atoms with Gasteiger partial charge in [-0.05, 0) is 59.0 Å². The van der Waals surface area contributed by atoms with Crippen LogP contribution < -0.4 is 0 Å². The third-order valence-corrected chi connectivity index (χ3v) is 9.55. The zero-order valence-electron chi connectivity index (χ0n) is 28.6. The van der Waals surface area contributed by atoms with Gasteiger partial charge in [0.2, 0.25) is 0 Å². The molecule has 5 heteroatoms. The molecule has 0 spiro atoms. The standard InChI is InChI=1S/C47H33N5/c1-2-39-25-23-36-24-26-40-41(33-10-5-3-6-11-33)28-42(50-46(40)45(36)49-39)35-19-15-31(16-20-35)32-17-21-37(22-18-32)47-51-43(34-12-7-4-8-13-34)29-44(52-47)38-14-9-27-48-30-38/h3-30H,2H2,1H3. The molecule has 0 N–H and O–H groups in total. The predicted octanol–water partition coefficient (Wildman–Crippen LogP) is 11.5. The van der Waals surface area contributed by atoms with Gasteiger partial charge in [0.25, 0.3) is 0 Å². The molecule has 4 aromatic heterocycles. The maximum absolute atomic E-state index is 5.26. The van der Waals surface area contributed by atoms with Crippen molar-refractivity contribution in [1.82, 2.24) is 24.9 Å². The Kier molecular flexibility index (Phi) is 8.06. The van der Waals surface area contributed by atoms with Crippen molar-refractivity contribution >= 4 is 21.8 Å². The molecule has 0 saturated carbocycles. The van der Waals surface area contributed by atoms with Gasteiger partial charge < -0.3 is 0 Å². The van der Waals surface area contributed by atoms with Crippen LogP contribution in [0.1, 0.15) is 12.6 Å². The van der Waals surface area contributed by atoms with Gasteiger partial charge in [0, 0.05) is 51.1 Å². The van der Waals surface area contributed by atoms with Crippen molar-refractivity contribution in [2.75, 3.05) is 0 Å². The second kappa shape index (κ2) is 13.5. The number of pyridine rings is 3. The zero-order valence-corrected chi connectivity index (χ0v) is 28.6. The first kappa shape index (κ1) is 31.2. The van der Waals surface area contributed by atoms with Gasteiger partial charge in [-0.25, -0.2) is 15.0 Å². The molecule has 0 aliphatic carbocycles. The third-order valence-electron chi connectivity index (χ3n) is 9.55. The fourth-order valence-electron chi connectivity index (χ4n) is 6.75. The lowest BCUT2D eigenvalue weighted by Crippen LogP contribution is -1.96. The van der Waals surface area contributed by atoms with E-state index in [2.05, 4.69) is 133 Å². The lowest BCUT2D eigenvalue weighted by Gasteiger charge is -2.13. The molecular formula is C47H33N5. The van der Waals surface area contributed by atoms with Crippen molar-refractivity contribution in [3.8, 4) is 67.4 Å². The first-order valence-electron chi connectivity index (χ1n) is 17.6. The van der Waals surface area contributed by atoms with Crippen LogP contribution in [0.2, 0.25) is 0 Å². The van der Waals surface area contributed by atoms with Crippen LogP contribution >= 0.6 is 0 Å². The van der Waals surface area contributed by atoms with Crippen molar-refractivity contribution in [3.05, 3.63) is 176 Å². The molecule has 0 bridgehead atoms. The Morgan fingerprint density at radius 1 is 0.423 bits per heavy atom. The lowest BCUT2D eigenvalue weighted by molar-refractivity contribution is 1.06. The smallest absolute Gasteiger partial charge is 0.160 e. The molecule has 0 saturated heterocycles. The highest BCUT2D eigenvalue weighted by molar-refractivity contribution is 6.09. The molecule has 0 fully saturated rings. The summed E-state index contributed by atoms with van der Waals surface area (Å²) >= 11 is 0. The Labute approximate surface area is 302 Å². The SMILES string of the molecule is CCc1ccc2ccc3c(-c4ccccc4)cc(-c4ccc(-c5ccc(-c6nc(-c7ccccc7)cc(-c7cccnc7)n6)cc5)cc4)nc3c2n1. The van der Waals surface area contributed by atoms with E-state index in [0.29, 0.717) is 5.82 Å². The number of aromatic nitrogens is 5.